The molecule has 3 heteroatoms. The van der Waals surface area contributed by atoms with E-state index >= 15 is 0 Å². The second kappa shape index (κ2) is 4.38. The summed E-state index contributed by atoms with van der Waals surface area (Å²) in [5.74, 6) is 0.927. The Labute approximate surface area is 77.9 Å². The van der Waals surface area contributed by atoms with E-state index in [0.717, 1.165) is 11.3 Å². The van der Waals surface area contributed by atoms with Crippen LogP contribution in [0.25, 0.3) is 0 Å². The van der Waals surface area contributed by atoms with Crippen LogP contribution in [0.3, 0.4) is 0 Å². The summed E-state index contributed by atoms with van der Waals surface area (Å²) in [6.07, 6.45) is 0. The van der Waals surface area contributed by atoms with E-state index in [1.54, 1.807) is 0 Å². The summed E-state index contributed by atoms with van der Waals surface area (Å²) in [6, 6.07) is 7.97. The molecular weight excluding hydrogens is 170 g/mol. The summed E-state index contributed by atoms with van der Waals surface area (Å²) < 4.78 is 7.35. The molecule has 1 rings (SSSR count). The van der Waals surface area contributed by atoms with Crippen LogP contribution in [0.4, 0.5) is 0 Å². The fourth-order valence-corrected chi connectivity index (χ4v) is 1.18. The van der Waals surface area contributed by atoms with Crippen molar-refractivity contribution in [3.05, 3.63) is 29.8 Å². The van der Waals surface area contributed by atoms with Gasteiger partial charge in [-0.25, -0.2) is 4.31 Å². The summed E-state index contributed by atoms with van der Waals surface area (Å²) in [6.45, 7) is 2.03. The molecule has 12 heavy (non-hydrogen) atoms. The average Bonchev–Trinajstić information content (AvgIpc) is 2.03. The van der Waals surface area contributed by atoms with Crippen LogP contribution in [-0.2, 0) is 0 Å². The van der Waals surface area contributed by atoms with Gasteiger partial charge in [-0.15, -0.1) is 0 Å². The van der Waals surface area contributed by atoms with Crippen LogP contribution in [0.2, 0.25) is 0 Å². The fourth-order valence-electron chi connectivity index (χ4n) is 0.765. The highest BCUT2D eigenvalue weighted by atomic mass is 32.2. The molecule has 0 amide bonds. The van der Waals surface area contributed by atoms with Gasteiger partial charge in [0.15, 0.2) is 0 Å². The topological polar surface area (TPSA) is 12.5 Å². The third-order valence-electron chi connectivity index (χ3n) is 1.37. The average molecular weight is 183 g/mol. The lowest BCUT2D eigenvalue weighted by Gasteiger charge is -2.09. The van der Waals surface area contributed by atoms with E-state index in [9.17, 15) is 0 Å². The summed E-state index contributed by atoms with van der Waals surface area (Å²) in [5.41, 5.74) is 1.16. The fraction of sp³-hybridized carbons (Fsp3) is 0.333. The van der Waals surface area contributed by atoms with Crippen LogP contribution in [0.15, 0.2) is 24.3 Å². The third-order valence-corrected chi connectivity index (χ3v) is 1.92. The molecule has 0 unspecified atom stereocenters. The Morgan fingerprint density at radius 2 is 1.92 bits per heavy atom. The number of aryl methyl sites for hydroxylation is 1. The molecule has 1 aromatic carbocycles. The number of hydrogen-bond acceptors (Lipinski definition) is 3. The maximum Gasteiger partial charge on any atom is 0.146 e. The summed E-state index contributed by atoms with van der Waals surface area (Å²) in [7, 11) is 3.89. The zero-order chi connectivity index (χ0) is 8.97. The van der Waals surface area contributed by atoms with Gasteiger partial charge in [-0.2, -0.15) is 0 Å². The maximum absolute atomic E-state index is 5.44. The van der Waals surface area contributed by atoms with Crippen molar-refractivity contribution in [1.82, 2.24) is 4.31 Å². The van der Waals surface area contributed by atoms with E-state index in [-0.39, 0.29) is 0 Å². The lowest BCUT2D eigenvalue weighted by atomic mass is 10.2. The minimum Gasteiger partial charge on any atom is -0.409 e. The Hall–Kier alpha value is -0.670. The van der Waals surface area contributed by atoms with Crippen molar-refractivity contribution in [2.45, 2.75) is 6.92 Å². The molecule has 0 saturated heterocycles. The quantitative estimate of drug-likeness (QED) is 0.527. The van der Waals surface area contributed by atoms with E-state index in [1.807, 2.05) is 49.6 Å². The molecule has 0 aromatic heterocycles. The standard InChI is InChI=1S/C9H13NOS/c1-8-6-4-5-7-9(8)11-12-10(2)3/h4-7H,1-3H3. The number of nitrogens with zero attached hydrogens (tertiary/aromatic N) is 1. The van der Waals surface area contributed by atoms with Gasteiger partial charge in [0.2, 0.25) is 0 Å². The summed E-state index contributed by atoms with van der Waals surface area (Å²) in [4.78, 5) is 0. The van der Waals surface area contributed by atoms with Gasteiger partial charge in [0.25, 0.3) is 0 Å². The molecular formula is C9H13NOS. The van der Waals surface area contributed by atoms with Gasteiger partial charge in [-0.05, 0) is 18.6 Å². The molecule has 2 nitrogen and oxygen atoms in total. The molecule has 0 N–H and O–H groups in total. The molecule has 0 bridgehead atoms. The largest absolute Gasteiger partial charge is 0.409 e. The summed E-state index contributed by atoms with van der Waals surface area (Å²) >= 11 is 1.33. The van der Waals surface area contributed by atoms with Crippen LogP contribution >= 0.6 is 12.2 Å². The monoisotopic (exact) mass is 183 g/mol. The highest BCUT2D eigenvalue weighted by molar-refractivity contribution is 7.92. The predicted octanol–water partition coefficient (Wildman–Crippen LogP) is 2.50. The second-order valence-corrected chi connectivity index (χ2v) is 3.78. The van der Waals surface area contributed by atoms with Gasteiger partial charge in [0, 0.05) is 14.1 Å². The summed E-state index contributed by atoms with van der Waals surface area (Å²) in [5, 5.41) is 0. The van der Waals surface area contributed by atoms with Gasteiger partial charge < -0.3 is 4.18 Å². The van der Waals surface area contributed by atoms with Gasteiger partial charge >= 0.3 is 0 Å². The maximum atomic E-state index is 5.44. The van der Waals surface area contributed by atoms with Crippen LogP contribution < -0.4 is 4.18 Å². The van der Waals surface area contributed by atoms with Crippen molar-refractivity contribution >= 4 is 12.2 Å². The number of para-hydroxylation sites is 1. The van der Waals surface area contributed by atoms with Crippen molar-refractivity contribution in [3.8, 4) is 5.75 Å². The molecule has 0 saturated carbocycles. The highest BCUT2D eigenvalue weighted by Gasteiger charge is 1.98. The van der Waals surface area contributed by atoms with Crippen LogP contribution in [-0.4, -0.2) is 18.4 Å². The zero-order valence-corrected chi connectivity index (χ0v) is 8.39. The SMILES string of the molecule is Cc1ccccc1OSN(C)C. The van der Waals surface area contributed by atoms with Gasteiger partial charge in [0.1, 0.15) is 18.0 Å². The highest BCUT2D eigenvalue weighted by Crippen LogP contribution is 2.21. The van der Waals surface area contributed by atoms with Gasteiger partial charge in [-0.3, -0.25) is 0 Å². The molecule has 0 aliphatic carbocycles. The Balaban J connectivity index is 2.57. The number of hydrogen-bond donors (Lipinski definition) is 0. The minimum atomic E-state index is 0.927. The molecule has 0 heterocycles. The molecule has 0 fully saturated rings. The molecule has 0 atom stereocenters. The molecule has 0 radical (unpaired) electrons. The van der Waals surface area contributed by atoms with Crippen molar-refractivity contribution in [1.29, 1.82) is 0 Å². The first-order valence-corrected chi connectivity index (χ1v) is 4.47. The second-order valence-electron chi connectivity index (χ2n) is 2.74. The Kier molecular flexibility index (Phi) is 3.44. The predicted molar refractivity (Wildman–Crippen MR) is 53.1 cm³/mol. The first-order chi connectivity index (χ1) is 5.70. The van der Waals surface area contributed by atoms with E-state index < -0.39 is 0 Å². The molecule has 0 spiro atoms. The lowest BCUT2D eigenvalue weighted by molar-refractivity contribution is 0.572. The number of rotatable bonds is 3. The molecule has 0 aliphatic rings. The van der Waals surface area contributed by atoms with E-state index in [1.165, 1.54) is 12.2 Å². The van der Waals surface area contributed by atoms with Gasteiger partial charge in [-0.1, -0.05) is 18.2 Å². The third kappa shape index (κ3) is 2.75. The van der Waals surface area contributed by atoms with Crippen LogP contribution in [0.1, 0.15) is 5.56 Å². The van der Waals surface area contributed by atoms with Crippen molar-refractivity contribution in [3.63, 3.8) is 0 Å². The van der Waals surface area contributed by atoms with E-state index in [4.69, 9.17) is 4.18 Å². The van der Waals surface area contributed by atoms with Crippen LogP contribution in [0, 0.1) is 6.92 Å². The molecule has 1 aromatic rings. The van der Waals surface area contributed by atoms with Crippen LogP contribution in [0.5, 0.6) is 5.75 Å². The zero-order valence-electron chi connectivity index (χ0n) is 7.57. The Morgan fingerprint density at radius 1 is 1.25 bits per heavy atom. The van der Waals surface area contributed by atoms with E-state index in [0.29, 0.717) is 0 Å². The molecule has 66 valence electrons. The Bertz CT molecular complexity index is 250. The number of benzene rings is 1. The van der Waals surface area contributed by atoms with Crippen molar-refractivity contribution in [2.75, 3.05) is 14.1 Å². The first-order valence-electron chi connectivity index (χ1n) is 3.78. The Morgan fingerprint density at radius 3 is 2.50 bits per heavy atom. The molecule has 0 aliphatic heterocycles. The van der Waals surface area contributed by atoms with E-state index in [2.05, 4.69) is 0 Å². The smallest absolute Gasteiger partial charge is 0.146 e. The van der Waals surface area contributed by atoms with Gasteiger partial charge in [0.05, 0.1) is 0 Å². The minimum absolute atomic E-state index is 0.927. The van der Waals surface area contributed by atoms with Crippen molar-refractivity contribution < 1.29 is 4.18 Å². The van der Waals surface area contributed by atoms with Crippen molar-refractivity contribution in [2.24, 2.45) is 0 Å². The lowest BCUT2D eigenvalue weighted by Crippen LogP contribution is -2.02. The normalized spacial score (nSPS) is 10.3. The first kappa shape index (κ1) is 9.42.